The molecule has 3 heterocycles. The van der Waals surface area contributed by atoms with Crippen LogP contribution < -0.4 is 9.47 Å². The molecule has 3 aromatic rings. The quantitative estimate of drug-likeness (QED) is 0.564. The minimum absolute atomic E-state index is 0.0138. The highest BCUT2D eigenvalue weighted by Crippen LogP contribution is 2.36. The Bertz CT molecular complexity index is 1250. The maximum atomic E-state index is 13.5. The predicted octanol–water partition coefficient (Wildman–Crippen LogP) is 3.68. The standard InChI is InChI=1S/C23H20F3N5O3/c1-14(23(24,25)26)34-19-6-5-15(10-27)21(33-2)20(19)22(32)30-9-7-18-16(12-30)13-31(29-18)17-4-3-8-28-11-17/h3-6,8,11,13-14H,7,9,12H2,1-2H3/t14-/m0/s1. The number of fused-ring (bicyclic) bond motifs is 1. The second kappa shape index (κ2) is 9.05. The molecule has 176 valence electrons. The van der Waals surface area contributed by atoms with Gasteiger partial charge < -0.3 is 14.4 Å². The monoisotopic (exact) mass is 471 g/mol. The Labute approximate surface area is 193 Å². The van der Waals surface area contributed by atoms with Gasteiger partial charge in [-0.3, -0.25) is 9.78 Å². The Hall–Kier alpha value is -4.07. The predicted molar refractivity (Wildman–Crippen MR) is 114 cm³/mol. The minimum atomic E-state index is -4.64. The van der Waals surface area contributed by atoms with E-state index in [1.54, 1.807) is 29.3 Å². The number of hydrogen-bond acceptors (Lipinski definition) is 6. The third kappa shape index (κ3) is 4.39. The number of carbonyl (C=O) groups excluding carboxylic acids is 1. The fraction of sp³-hybridized carbons (Fsp3) is 0.304. The molecule has 1 amide bonds. The lowest BCUT2D eigenvalue weighted by Gasteiger charge is -2.28. The molecule has 0 aliphatic carbocycles. The molecule has 34 heavy (non-hydrogen) atoms. The number of pyridine rings is 1. The number of hydrogen-bond donors (Lipinski definition) is 0. The number of amides is 1. The van der Waals surface area contributed by atoms with Gasteiger partial charge in [-0.2, -0.15) is 23.5 Å². The zero-order valence-electron chi connectivity index (χ0n) is 18.3. The smallest absolute Gasteiger partial charge is 0.425 e. The summed E-state index contributed by atoms with van der Waals surface area (Å²) in [7, 11) is 1.25. The van der Waals surface area contributed by atoms with Crippen LogP contribution in [0.3, 0.4) is 0 Å². The number of nitriles is 1. The van der Waals surface area contributed by atoms with Crippen molar-refractivity contribution in [1.29, 1.82) is 5.26 Å². The first-order valence-electron chi connectivity index (χ1n) is 10.3. The van der Waals surface area contributed by atoms with E-state index in [4.69, 9.17) is 9.47 Å². The van der Waals surface area contributed by atoms with Gasteiger partial charge in [0.05, 0.1) is 30.3 Å². The number of aromatic nitrogens is 3. The van der Waals surface area contributed by atoms with E-state index < -0.39 is 18.2 Å². The summed E-state index contributed by atoms with van der Waals surface area (Å²) >= 11 is 0. The Morgan fingerprint density at radius 1 is 1.29 bits per heavy atom. The number of rotatable bonds is 5. The third-order valence-corrected chi connectivity index (χ3v) is 5.48. The molecule has 0 bridgehead atoms. The Kier molecular flexibility index (Phi) is 6.15. The fourth-order valence-electron chi connectivity index (χ4n) is 3.69. The van der Waals surface area contributed by atoms with Crippen molar-refractivity contribution in [3.63, 3.8) is 0 Å². The second-order valence-corrected chi connectivity index (χ2v) is 7.67. The van der Waals surface area contributed by atoms with Gasteiger partial charge >= 0.3 is 6.18 Å². The van der Waals surface area contributed by atoms with E-state index in [9.17, 15) is 23.2 Å². The highest BCUT2D eigenvalue weighted by molar-refractivity contribution is 6.00. The number of ether oxygens (including phenoxy) is 2. The summed E-state index contributed by atoms with van der Waals surface area (Å²) in [4.78, 5) is 19.1. The van der Waals surface area contributed by atoms with Crippen LogP contribution >= 0.6 is 0 Å². The van der Waals surface area contributed by atoms with Gasteiger partial charge in [0.2, 0.25) is 0 Å². The van der Waals surface area contributed by atoms with Crippen LogP contribution in [0.1, 0.15) is 34.1 Å². The molecule has 1 aliphatic rings. The number of methoxy groups -OCH3 is 1. The molecule has 0 spiro atoms. The third-order valence-electron chi connectivity index (χ3n) is 5.48. The number of alkyl halides is 3. The summed E-state index contributed by atoms with van der Waals surface area (Å²) < 4.78 is 51.5. The van der Waals surface area contributed by atoms with Crippen LogP contribution in [-0.2, 0) is 13.0 Å². The Morgan fingerprint density at radius 3 is 2.74 bits per heavy atom. The molecule has 1 atom stereocenters. The second-order valence-electron chi connectivity index (χ2n) is 7.67. The highest BCUT2D eigenvalue weighted by Gasteiger charge is 2.39. The van der Waals surface area contributed by atoms with E-state index in [2.05, 4.69) is 10.1 Å². The first kappa shape index (κ1) is 23.1. The Balaban J connectivity index is 1.67. The molecular formula is C23H20F3N5O3. The van der Waals surface area contributed by atoms with Crippen molar-refractivity contribution in [2.24, 2.45) is 0 Å². The molecule has 0 radical (unpaired) electrons. The van der Waals surface area contributed by atoms with Gasteiger partial charge in [0, 0.05) is 37.5 Å². The summed E-state index contributed by atoms with van der Waals surface area (Å²) in [5, 5.41) is 14.0. The van der Waals surface area contributed by atoms with Crippen molar-refractivity contribution in [2.75, 3.05) is 13.7 Å². The molecule has 8 nitrogen and oxygen atoms in total. The van der Waals surface area contributed by atoms with Crippen molar-refractivity contribution in [3.05, 3.63) is 65.2 Å². The zero-order chi connectivity index (χ0) is 24.5. The number of nitrogens with zero attached hydrogens (tertiary/aromatic N) is 5. The average Bonchev–Trinajstić information content (AvgIpc) is 3.26. The molecule has 0 saturated carbocycles. The lowest BCUT2D eigenvalue weighted by Crippen LogP contribution is -2.37. The van der Waals surface area contributed by atoms with Gasteiger partial charge in [0.15, 0.2) is 11.9 Å². The largest absolute Gasteiger partial charge is 0.494 e. The molecule has 0 fully saturated rings. The number of benzene rings is 1. The first-order chi connectivity index (χ1) is 16.2. The van der Waals surface area contributed by atoms with Crippen molar-refractivity contribution in [3.8, 4) is 23.3 Å². The molecule has 4 rings (SSSR count). The summed E-state index contributed by atoms with van der Waals surface area (Å²) in [5.41, 5.74) is 2.16. The fourth-order valence-corrected chi connectivity index (χ4v) is 3.69. The van der Waals surface area contributed by atoms with Crippen LogP contribution in [0, 0.1) is 11.3 Å². The minimum Gasteiger partial charge on any atom is -0.494 e. The van der Waals surface area contributed by atoms with Gasteiger partial charge in [-0.1, -0.05) is 0 Å². The molecule has 0 N–H and O–H groups in total. The molecule has 0 saturated heterocycles. The summed E-state index contributed by atoms with van der Waals surface area (Å²) in [5.74, 6) is -1.03. The SMILES string of the molecule is COc1c(C#N)ccc(O[C@@H](C)C(F)(F)F)c1C(=O)N1CCc2nn(-c3cccnc3)cc2C1. The average molecular weight is 471 g/mol. The summed E-state index contributed by atoms with van der Waals surface area (Å²) in [6.45, 7) is 1.31. The van der Waals surface area contributed by atoms with E-state index in [0.717, 1.165) is 23.9 Å². The molecular weight excluding hydrogens is 451 g/mol. The molecule has 1 aliphatic heterocycles. The first-order valence-corrected chi connectivity index (χ1v) is 10.3. The number of halogens is 3. The Morgan fingerprint density at radius 2 is 2.09 bits per heavy atom. The maximum Gasteiger partial charge on any atom is 0.425 e. The van der Waals surface area contributed by atoms with Crippen molar-refractivity contribution < 1.29 is 27.4 Å². The highest BCUT2D eigenvalue weighted by atomic mass is 19.4. The van der Waals surface area contributed by atoms with E-state index in [-0.39, 0.29) is 35.7 Å². The van der Waals surface area contributed by atoms with Crippen molar-refractivity contribution >= 4 is 5.91 Å². The molecule has 11 heteroatoms. The van der Waals surface area contributed by atoms with E-state index in [1.807, 2.05) is 12.1 Å². The summed E-state index contributed by atoms with van der Waals surface area (Å²) in [6.07, 6.45) is -1.26. The van der Waals surface area contributed by atoms with Gasteiger partial charge in [0.25, 0.3) is 5.91 Å². The van der Waals surface area contributed by atoms with Crippen LogP contribution in [0.4, 0.5) is 13.2 Å². The molecule has 1 aromatic carbocycles. The summed E-state index contributed by atoms with van der Waals surface area (Å²) in [6, 6.07) is 7.98. The van der Waals surface area contributed by atoms with E-state index >= 15 is 0 Å². The van der Waals surface area contributed by atoms with Gasteiger partial charge in [-0.25, -0.2) is 4.68 Å². The van der Waals surface area contributed by atoms with Gasteiger partial charge in [-0.15, -0.1) is 0 Å². The van der Waals surface area contributed by atoms with Crippen molar-refractivity contribution in [2.45, 2.75) is 32.2 Å². The topological polar surface area (TPSA) is 93.3 Å². The maximum absolute atomic E-state index is 13.5. The lowest BCUT2D eigenvalue weighted by atomic mass is 10.0. The normalized spacial score (nSPS) is 14.2. The zero-order valence-corrected chi connectivity index (χ0v) is 18.3. The lowest BCUT2D eigenvalue weighted by molar-refractivity contribution is -0.189. The van der Waals surface area contributed by atoms with Crippen LogP contribution in [-0.4, -0.2) is 51.5 Å². The van der Waals surface area contributed by atoms with E-state index in [1.165, 1.54) is 24.1 Å². The molecule has 0 unspecified atom stereocenters. The van der Waals surface area contributed by atoms with Crippen LogP contribution in [0.2, 0.25) is 0 Å². The van der Waals surface area contributed by atoms with Crippen LogP contribution in [0.5, 0.6) is 11.5 Å². The van der Waals surface area contributed by atoms with Gasteiger partial charge in [-0.05, 0) is 31.2 Å². The van der Waals surface area contributed by atoms with Gasteiger partial charge in [0.1, 0.15) is 17.4 Å². The molecule has 2 aromatic heterocycles. The van der Waals surface area contributed by atoms with Crippen molar-refractivity contribution in [1.82, 2.24) is 19.7 Å². The van der Waals surface area contributed by atoms with E-state index in [0.29, 0.717) is 6.42 Å². The van der Waals surface area contributed by atoms with Crippen LogP contribution in [0.15, 0.2) is 42.9 Å². The number of carbonyl (C=O) groups is 1. The van der Waals surface area contributed by atoms with Crippen LogP contribution in [0.25, 0.3) is 5.69 Å².